The fourth-order valence-corrected chi connectivity index (χ4v) is 3.28. The summed E-state index contributed by atoms with van der Waals surface area (Å²) in [5, 5.41) is 5.79. The van der Waals surface area contributed by atoms with Gasteiger partial charge in [-0.3, -0.25) is 9.69 Å². The summed E-state index contributed by atoms with van der Waals surface area (Å²) in [6, 6.07) is 7.05. The molecule has 0 spiro atoms. The van der Waals surface area contributed by atoms with Crippen molar-refractivity contribution >= 4 is 28.9 Å². The van der Waals surface area contributed by atoms with Crippen molar-refractivity contribution in [2.45, 2.75) is 46.2 Å². The van der Waals surface area contributed by atoms with Gasteiger partial charge in [0.05, 0.1) is 11.0 Å². The van der Waals surface area contributed by atoms with E-state index >= 15 is 0 Å². The maximum absolute atomic E-state index is 12.8. The highest BCUT2D eigenvalue weighted by molar-refractivity contribution is 5.96. The summed E-state index contributed by atoms with van der Waals surface area (Å²) in [7, 11) is 0. The SMILES string of the molecule is CCCNC(=O)[C@H](CC(C)C)NC(=O)N1CCn2c1nc1ccccc12. The number of hydrogen-bond donors (Lipinski definition) is 2. The fraction of sp³-hybridized carbons (Fsp3) is 0.526. The highest BCUT2D eigenvalue weighted by atomic mass is 16.2. The zero-order valence-electron chi connectivity index (χ0n) is 15.7. The van der Waals surface area contributed by atoms with Crippen LogP contribution in [0.1, 0.15) is 33.6 Å². The monoisotopic (exact) mass is 357 g/mol. The van der Waals surface area contributed by atoms with E-state index in [1.54, 1.807) is 4.90 Å². The van der Waals surface area contributed by atoms with E-state index in [4.69, 9.17) is 0 Å². The summed E-state index contributed by atoms with van der Waals surface area (Å²) in [6.45, 7) is 7.97. The molecule has 1 atom stereocenters. The molecule has 7 nitrogen and oxygen atoms in total. The second-order valence-electron chi connectivity index (χ2n) is 7.13. The number of fused-ring (bicyclic) bond motifs is 3. The van der Waals surface area contributed by atoms with Crippen LogP contribution in [0.5, 0.6) is 0 Å². The van der Waals surface area contributed by atoms with E-state index in [2.05, 4.69) is 15.6 Å². The van der Waals surface area contributed by atoms with Gasteiger partial charge in [-0.15, -0.1) is 0 Å². The molecule has 7 heteroatoms. The van der Waals surface area contributed by atoms with Gasteiger partial charge in [0.1, 0.15) is 6.04 Å². The van der Waals surface area contributed by atoms with Crippen molar-refractivity contribution in [3.8, 4) is 0 Å². The molecule has 0 radical (unpaired) electrons. The van der Waals surface area contributed by atoms with Crippen LogP contribution in [0, 0.1) is 5.92 Å². The molecule has 2 heterocycles. The molecular formula is C19H27N5O2. The van der Waals surface area contributed by atoms with Crippen molar-refractivity contribution in [1.82, 2.24) is 20.2 Å². The quantitative estimate of drug-likeness (QED) is 0.834. The minimum atomic E-state index is -0.535. The molecule has 2 aromatic rings. The lowest BCUT2D eigenvalue weighted by atomic mass is 10.0. The third-order valence-corrected chi connectivity index (χ3v) is 4.54. The number of nitrogens with zero attached hydrogens (tertiary/aromatic N) is 3. The van der Waals surface area contributed by atoms with Crippen molar-refractivity contribution in [2.75, 3.05) is 18.0 Å². The lowest BCUT2D eigenvalue weighted by Crippen LogP contribution is -2.51. The van der Waals surface area contributed by atoms with E-state index in [0.29, 0.717) is 37.9 Å². The van der Waals surface area contributed by atoms with E-state index in [0.717, 1.165) is 17.5 Å². The van der Waals surface area contributed by atoms with Crippen LogP contribution in [0.2, 0.25) is 0 Å². The van der Waals surface area contributed by atoms with Crippen LogP contribution in [0.3, 0.4) is 0 Å². The topological polar surface area (TPSA) is 79.3 Å². The van der Waals surface area contributed by atoms with E-state index in [1.807, 2.05) is 49.6 Å². The predicted octanol–water partition coefficient (Wildman–Crippen LogP) is 2.51. The smallest absolute Gasteiger partial charge is 0.324 e. The third kappa shape index (κ3) is 3.66. The van der Waals surface area contributed by atoms with Gasteiger partial charge in [0.2, 0.25) is 11.9 Å². The first-order valence-electron chi connectivity index (χ1n) is 9.32. The maximum Gasteiger partial charge on any atom is 0.324 e. The molecule has 1 aromatic carbocycles. The number of rotatable bonds is 6. The molecule has 1 aliphatic heterocycles. The van der Waals surface area contributed by atoms with E-state index in [1.165, 1.54) is 0 Å². The molecule has 0 saturated heterocycles. The molecule has 1 aliphatic rings. The highest BCUT2D eigenvalue weighted by Crippen LogP contribution is 2.27. The van der Waals surface area contributed by atoms with Crippen LogP contribution in [0.4, 0.5) is 10.7 Å². The lowest BCUT2D eigenvalue weighted by Gasteiger charge is -2.23. The van der Waals surface area contributed by atoms with Crippen LogP contribution in [-0.2, 0) is 11.3 Å². The molecule has 26 heavy (non-hydrogen) atoms. The molecule has 140 valence electrons. The standard InChI is InChI=1S/C19H27N5O2/c1-4-9-20-17(25)15(12-13(2)3)22-19(26)24-11-10-23-16-8-6-5-7-14(16)21-18(23)24/h5-8,13,15H,4,9-12H2,1-3H3,(H,20,25)(H,22,26)/t15-/m0/s1. The van der Waals surface area contributed by atoms with Gasteiger partial charge in [0, 0.05) is 19.6 Å². The summed E-state index contributed by atoms with van der Waals surface area (Å²) < 4.78 is 2.05. The first kappa shape index (κ1) is 18.2. The summed E-state index contributed by atoms with van der Waals surface area (Å²) in [6.07, 6.45) is 1.47. The second-order valence-corrected chi connectivity index (χ2v) is 7.13. The third-order valence-electron chi connectivity index (χ3n) is 4.54. The fourth-order valence-electron chi connectivity index (χ4n) is 3.28. The van der Waals surface area contributed by atoms with Crippen molar-refractivity contribution < 1.29 is 9.59 Å². The number of anilines is 1. The molecule has 0 fully saturated rings. The first-order chi connectivity index (χ1) is 12.5. The average molecular weight is 357 g/mol. The second kappa shape index (κ2) is 7.76. The number of amides is 3. The maximum atomic E-state index is 12.8. The van der Waals surface area contributed by atoms with Crippen molar-refractivity contribution in [1.29, 1.82) is 0 Å². The largest absolute Gasteiger partial charge is 0.354 e. The first-order valence-corrected chi connectivity index (χ1v) is 9.32. The minimum absolute atomic E-state index is 0.124. The molecule has 3 amide bonds. The highest BCUT2D eigenvalue weighted by Gasteiger charge is 2.31. The minimum Gasteiger partial charge on any atom is -0.354 e. The van der Waals surface area contributed by atoms with E-state index in [-0.39, 0.29) is 11.9 Å². The Hall–Kier alpha value is -2.57. The van der Waals surface area contributed by atoms with Crippen LogP contribution in [0.25, 0.3) is 11.0 Å². The molecule has 0 saturated carbocycles. The molecule has 0 bridgehead atoms. The van der Waals surface area contributed by atoms with Gasteiger partial charge in [-0.05, 0) is 30.9 Å². The van der Waals surface area contributed by atoms with Crippen molar-refractivity contribution in [2.24, 2.45) is 5.92 Å². The molecule has 0 aliphatic carbocycles. The van der Waals surface area contributed by atoms with Gasteiger partial charge in [0.15, 0.2) is 0 Å². The van der Waals surface area contributed by atoms with Crippen LogP contribution in [0.15, 0.2) is 24.3 Å². The van der Waals surface area contributed by atoms with Gasteiger partial charge < -0.3 is 15.2 Å². The predicted molar refractivity (Wildman–Crippen MR) is 102 cm³/mol. The van der Waals surface area contributed by atoms with E-state index < -0.39 is 6.04 Å². The van der Waals surface area contributed by atoms with Crippen molar-refractivity contribution in [3.63, 3.8) is 0 Å². The number of imidazole rings is 1. The van der Waals surface area contributed by atoms with Gasteiger partial charge in [-0.2, -0.15) is 0 Å². The normalized spacial score (nSPS) is 14.5. The summed E-state index contributed by atoms with van der Waals surface area (Å²) in [5.41, 5.74) is 1.90. The lowest BCUT2D eigenvalue weighted by molar-refractivity contribution is -0.123. The van der Waals surface area contributed by atoms with Gasteiger partial charge in [-0.1, -0.05) is 32.9 Å². The van der Waals surface area contributed by atoms with Gasteiger partial charge in [0.25, 0.3) is 0 Å². The van der Waals surface area contributed by atoms with Crippen LogP contribution >= 0.6 is 0 Å². The summed E-state index contributed by atoms with van der Waals surface area (Å²) >= 11 is 0. The Morgan fingerprint density at radius 2 is 2.00 bits per heavy atom. The molecule has 1 aromatic heterocycles. The van der Waals surface area contributed by atoms with E-state index in [9.17, 15) is 9.59 Å². The molecule has 0 unspecified atom stereocenters. The number of carbonyl (C=O) groups excluding carboxylic acids is 2. The Morgan fingerprint density at radius 3 is 2.73 bits per heavy atom. The number of urea groups is 1. The molecular weight excluding hydrogens is 330 g/mol. The number of benzene rings is 1. The number of carbonyl (C=O) groups is 2. The zero-order chi connectivity index (χ0) is 18.7. The van der Waals surface area contributed by atoms with Crippen LogP contribution < -0.4 is 15.5 Å². The van der Waals surface area contributed by atoms with Crippen LogP contribution in [-0.4, -0.2) is 40.6 Å². The zero-order valence-corrected chi connectivity index (χ0v) is 15.7. The number of para-hydroxylation sites is 2. The Balaban J connectivity index is 1.75. The number of nitrogens with one attached hydrogen (secondary N) is 2. The Kier molecular flexibility index (Phi) is 5.44. The number of aromatic nitrogens is 2. The Morgan fingerprint density at radius 1 is 1.23 bits per heavy atom. The molecule has 2 N–H and O–H groups in total. The summed E-state index contributed by atoms with van der Waals surface area (Å²) in [5.74, 6) is 0.818. The Labute approximate surface area is 153 Å². The Bertz CT molecular complexity index is 798. The number of hydrogen-bond acceptors (Lipinski definition) is 3. The molecule has 3 rings (SSSR count). The van der Waals surface area contributed by atoms with Gasteiger partial charge in [-0.25, -0.2) is 9.78 Å². The summed E-state index contributed by atoms with van der Waals surface area (Å²) in [4.78, 5) is 31.5. The van der Waals surface area contributed by atoms with Gasteiger partial charge >= 0.3 is 6.03 Å². The average Bonchev–Trinajstić information content (AvgIpc) is 3.17. The van der Waals surface area contributed by atoms with Crippen molar-refractivity contribution in [3.05, 3.63) is 24.3 Å².